The number of benzene rings is 2. The third-order valence-electron chi connectivity index (χ3n) is 5.68. The third kappa shape index (κ3) is 5.70. The van der Waals surface area contributed by atoms with Gasteiger partial charge in [-0.25, -0.2) is 5.10 Å². The number of nitrogens with one attached hydrogen (secondary N) is 3. The van der Waals surface area contributed by atoms with Gasteiger partial charge in [-0.2, -0.15) is 0 Å². The Labute approximate surface area is 212 Å². The molecule has 5 rings (SSSR count). The Kier molecular flexibility index (Phi) is 7.20. The van der Waals surface area contributed by atoms with Gasteiger partial charge in [0.15, 0.2) is 5.82 Å². The van der Waals surface area contributed by atoms with Crippen molar-refractivity contribution >= 4 is 34.4 Å². The standard InChI is InChI=1S/C27H26N6O2S/c1-18(28-16-21(34)17-35-25-6-3-2-5-23(25)26-7-4-12-36-26)13-20-15-29-24-14-19(8-10-22(20)24)9-11-27-30-32-33-31-27/h2-12,14-15,21,28-29,34H,1,13,16-17H2,(H,30,31,32,33)/b11-9+/t21-/m0/s1. The number of aliphatic hydroxyl groups excluding tert-OH is 1. The Bertz CT molecular complexity index is 1460. The van der Waals surface area contributed by atoms with E-state index < -0.39 is 6.10 Å². The first-order chi connectivity index (χ1) is 17.7. The summed E-state index contributed by atoms with van der Waals surface area (Å²) in [5.41, 5.74) is 5.07. The van der Waals surface area contributed by atoms with E-state index in [0.717, 1.165) is 43.9 Å². The van der Waals surface area contributed by atoms with Crippen LogP contribution in [0.25, 0.3) is 33.5 Å². The number of ether oxygens (including phenoxy) is 1. The maximum atomic E-state index is 10.5. The number of allylic oxidation sites excluding steroid dienone is 1. The molecule has 8 nitrogen and oxygen atoms in total. The predicted molar refractivity (Wildman–Crippen MR) is 144 cm³/mol. The summed E-state index contributed by atoms with van der Waals surface area (Å²) < 4.78 is 5.94. The van der Waals surface area contributed by atoms with Crippen molar-refractivity contribution in [3.8, 4) is 16.2 Å². The van der Waals surface area contributed by atoms with Gasteiger partial charge in [0.25, 0.3) is 0 Å². The van der Waals surface area contributed by atoms with Gasteiger partial charge in [0.1, 0.15) is 18.5 Å². The van der Waals surface area contributed by atoms with Gasteiger partial charge in [0.05, 0.1) is 0 Å². The van der Waals surface area contributed by atoms with Gasteiger partial charge in [0, 0.05) is 46.2 Å². The molecule has 0 amide bonds. The number of aromatic amines is 2. The molecular formula is C27H26N6O2S. The number of para-hydroxylation sites is 1. The van der Waals surface area contributed by atoms with Crippen LogP contribution in [0.2, 0.25) is 0 Å². The lowest BCUT2D eigenvalue weighted by Gasteiger charge is -2.16. The summed E-state index contributed by atoms with van der Waals surface area (Å²) in [6.45, 7) is 4.69. The van der Waals surface area contributed by atoms with E-state index >= 15 is 0 Å². The van der Waals surface area contributed by atoms with Crippen LogP contribution >= 0.6 is 11.3 Å². The Hall–Kier alpha value is -4.21. The van der Waals surface area contributed by atoms with Gasteiger partial charge in [0.2, 0.25) is 0 Å². The van der Waals surface area contributed by atoms with E-state index in [1.807, 2.05) is 60.1 Å². The van der Waals surface area contributed by atoms with E-state index in [1.165, 1.54) is 0 Å². The van der Waals surface area contributed by atoms with E-state index in [-0.39, 0.29) is 6.61 Å². The van der Waals surface area contributed by atoms with Gasteiger partial charge in [-0.1, -0.05) is 43.0 Å². The number of aromatic nitrogens is 5. The van der Waals surface area contributed by atoms with E-state index in [1.54, 1.807) is 11.3 Å². The van der Waals surface area contributed by atoms with Crippen LogP contribution in [0.5, 0.6) is 5.75 Å². The number of H-pyrrole nitrogens is 2. The second-order valence-electron chi connectivity index (χ2n) is 8.34. The number of fused-ring (bicyclic) bond motifs is 1. The lowest BCUT2D eigenvalue weighted by Crippen LogP contribution is -2.31. The summed E-state index contributed by atoms with van der Waals surface area (Å²) in [6.07, 6.45) is 5.74. The summed E-state index contributed by atoms with van der Waals surface area (Å²) in [4.78, 5) is 4.47. The number of thiophene rings is 1. The molecule has 0 saturated heterocycles. The highest BCUT2D eigenvalue weighted by Crippen LogP contribution is 2.33. The van der Waals surface area contributed by atoms with Crippen molar-refractivity contribution in [3.63, 3.8) is 0 Å². The smallest absolute Gasteiger partial charge is 0.172 e. The first-order valence-corrected chi connectivity index (χ1v) is 12.4. The molecule has 0 aliphatic rings. The molecular weight excluding hydrogens is 472 g/mol. The fourth-order valence-corrected chi connectivity index (χ4v) is 4.65. The number of hydrogen-bond acceptors (Lipinski definition) is 7. The first kappa shape index (κ1) is 23.5. The molecule has 36 heavy (non-hydrogen) atoms. The van der Waals surface area contributed by atoms with Crippen LogP contribution in [0.4, 0.5) is 0 Å². The number of tetrazole rings is 1. The fraction of sp³-hybridized carbons (Fsp3) is 0.148. The second kappa shape index (κ2) is 11.0. The van der Waals surface area contributed by atoms with Crippen molar-refractivity contribution in [1.82, 2.24) is 30.9 Å². The Balaban J connectivity index is 1.13. The van der Waals surface area contributed by atoms with Crippen molar-refractivity contribution in [2.75, 3.05) is 13.2 Å². The molecule has 0 spiro atoms. The summed E-state index contributed by atoms with van der Waals surface area (Å²) >= 11 is 1.66. The van der Waals surface area contributed by atoms with Crippen LogP contribution in [-0.2, 0) is 6.42 Å². The van der Waals surface area contributed by atoms with E-state index in [4.69, 9.17) is 4.74 Å². The lowest BCUT2D eigenvalue weighted by molar-refractivity contribution is 0.109. The molecule has 0 bridgehead atoms. The van der Waals surface area contributed by atoms with Crippen molar-refractivity contribution < 1.29 is 9.84 Å². The van der Waals surface area contributed by atoms with E-state index in [2.05, 4.69) is 55.7 Å². The quantitative estimate of drug-likeness (QED) is 0.211. The van der Waals surface area contributed by atoms with E-state index in [0.29, 0.717) is 18.8 Å². The number of rotatable bonds is 11. The first-order valence-electron chi connectivity index (χ1n) is 11.5. The van der Waals surface area contributed by atoms with Gasteiger partial charge in [-0.15, -0.1) is 16.4 Å². The average molecular weight is 499 g/mol. The minimum Gasteiger partial charge on any atom is -0.490 e. The van der Waals surface area contributed by atoms with Gasteiger partial charge in [-0.05, 0) is 57.3 Å². The molecule has 0 saturated carbocycles. The molecule has 182 valence electrons. The van der Waals surface area contributed by atoms with Crippen molar-refractivity contribution in [2.24, 2.45) is 0 Å². The highest BCUT2D eigenvalue weighted by molar-refractivity contribution is 7.13. The lowest BCUT2D eigenvalue weighted by atomic mass is 10.1. The zero-order valence-electron chi connectivity index (χ0n) is 19.5. The molecule has 0 radical (unpaired) electrons. The molecule has 0 aliphatic heterocycles. The molecule has 9 heteroatoms. The maximum Gasteiger partial charge on any atom is 0.172 e. The van der Waals surface area contributed by atoms with Crippen LogP contribution in [-0.4, -0.2) is 50.0 Å². The van der Waals surface area contributed by atoms with Crippen LogP contribution in [0.3, 0.4) is 0 Å². The Morgan fingerprint density at radius 2 is 2.08 bits per heavy atom. The largest absolute Gasteiger partial charge is 0.490 e. The molecule has 0 fully saturated rings. The van der Waals surface area contributed by atoms with E-state index in [9.17, 15) is 5.11 Å². The summed E-state index contributed by atoms with van der Waals surface area (Å²) in [6, 6.07) is 18.2. The molecule has 0 unspecified atom stereocenters. The average Bonchev–Trinajstić information content (AvgIpc) is 3.68. The summed E-state index contributed by atoms with van der Waals surface area (Å²) in [7, 11) is 0. The highest BCUT2D eigenvalue weighted by atomic mass is 32.1. The Morgan fingerprint density at radius 3 is 2.92 bits per heavy atom. The molecule has 3 heterocycles. The fourth-order valence-electron chi connectivity index (χ4n) is 3.89. The third-order valence-corrected chi connectivity index (χ3v) is 6.59. The number of aliphatic hydroxyl groups is 1. The van der Waals surface area contributed by atoms with Gasteiger partial charge in [-0.3, -0.25) is 0 Å². The molecule has 0 aliphatic carbocycles. The predicted octanol–water partition coefficient (Wildman–Crippen LogP) is 4.67. The second-order valence-corrected chi connectivity index (χ2v) is 9.29. The van der Waals surface area contributed by atoms with Crippen LogP contribution in [0.15, 0.2) is 78.5 Å². The molecule has 3 aromatic heterocycles. The highest BCUT2D eigenvalue weighted by Gasteiger charge is 2.11. The van der Waals surface area contributed by atoms with Crippen LogP contribution in [0.1, 0.15) is 17.0 Å². The molecule has 5 aromatic rings. The topological polar surface area (TPSA) is 112 Å². The molecule has 2 aromatic carbocycles. The molecule has 1 atom stereocenters. The minimum absolute atomic E-state index is 0.191. The summed E-state index contributed by atoms with van der Waals surface area (Å²) in [5.74, 6) is 1.37. The van der Waals surface area contributed by atoms with Crippen molar-refractivity contribution in [1.29, 1.82) is 0 Å². The van der Waals surface area contributed by atoms with Gasteiger partial charge >= 0.3 is 0 Å². The SMILES string of the molecule is C=C(Cc1c[nH]c2cc(/C=C/c3nnn[nH]3)ccc12)NC[C@H](O)COc1ccccc1-c1cccs1. The number of nitrogens with zero attached hydrogens (tertiary/aromatic N) is 3. The minimum atomic E-state index is -0.671. The van der Waals surface area contributed by atoms with Crippen molar-refractivity contribution in [2.45, 2.75) is 12.5 Å². The van der Waals surface area contributed by atoms with Crippen LogP contribution < -0.4 is 10.1 Å². The molecule has 4 N–H and O–H groups in total. The monoisotopic (exact) mass is 498 g/mol. The zero-order valence-corrected chi connectivity index (χ0v) is 20.3. The van der Waals surface area contributed by atoms with Gasteiger partial charge < -0.3 is 20.1 Å². The zero-order chi connectivity index (χ0) is 24.7. The number of hydrogen-bond donors (Lipinski definition) is 4. The van der Waals surface area contributed by atoms with Crippen molar-refractivity contribution in [3.05, 3.63) is 95.4 Å². The maximum absolute atomic E-state index is 10.5. The van der Waals surface area contributed by atoms with Crippen LogP contribution in [0, 0.1) is 0 Å². The Morgan fingerprint density at radius 1 is 1.17 bits per heavy atom. The normalized spacial score (nSPS) is 12.2. The summed E-state index contributed by atoms with van der Waals surface area (Å²) in [5, 5.41) is 30.6.